The van der Waals surface area contributed by atoms with Crippen LogP contribution in [0.1, 0.15) is 126 Å². The molecule has 0 aromatic heterocycles. The number of ketones is 2. The molecule has 14 atom stereocenters. The molecular weight excluding hydrogens is 757 g/mol. The zero-order chi connectivity index (χ0) is 43.8. The molecule has 4 N–H and O–H groups in total. The number of carbonyl (C=O) groups excluding carboxylic acids is 4. The van der Waals surface area contributed by atoms with E-state index in [1.807, 2.05) is 39.8 Å². The molecule has 2 saturated heterocycles. The summed E-state index contributed by atoms with van der Waals surface area (Å²) in [7, 11) is 3.07. The summed E-state index contributed by atoms with van der Waals surface area (Å²) in [4.78, 5) is 58.0. The molecule has 0 aromatic rings. The summed E-state index contributed by atoms with van der Waals surface area (Å²) in [5.74, 6) is -6.76. The first-order chi connectivity index (χ1) is 27.9. The molecule has 59 heavy (non-hydrogen) atoms. The minimum absolute atomic E-state index is 0.0297. The van der Waals surface area contributed by atoms with Gasteiger partial charge in [0.2, 0.25) is 5.79 Å². The van der Waals surface area contributed by atoms with E-state index in [1.165, 1.54) is 19.1 Å². The van der Waals surface area contributed by atoms with Gasteiger partial charge in [-0.25, -0.2) is 4.79 Å². The number of methoxy groups -OCH3 is 2. The minimum atomic E-state index is -2.50. The number of esters is 1. The van der Waals surface area contributed by atoms with Crippen LogP contribution in [0.5, 0.6) is 0 Å². The third kappa shape index (κ3) is 11.9. The van der Waals surface area contributed by atoms with E-state index in [2.05, 4.69) is 13.5 Å². The lowest BCUT2D eigenvalue weighted by molar-refractivity contribution is -0.302. The second kappa shape index (κ2) is 21.7. The normalized spacial score (nSPS) is 39.1. The van der Waals surface area contributed by atoms with Crippen molar-refractivity contribution in [1.29, 1.82) is 0 Å². The van der Waals surface area contributed by atoms with Gasteiger partial charge in [-0.1, -0.05) is 58.9 Å². The highest BCUT2D eigenvalue weighted by atomic mass is 16.7. The number of aliphatic hydroxyl groups is 2. The van der Waals surface area contributed by atoms with Crippen LogP contribution in [0.3, 0.4) is 0 Å². The molecule has 3 fully saturated rings. The van der Waals surface area contributed by atoms with Crippen molar-refractivity contribution in [3.05, 3.63) is 35.6 Å². The molecule has 0 spiro atoms. The van der Waals surface area contributed by atoms with E-state index in [4.69, 9.17) is 29.4 Å². The highest BCUT2D eigenvalue weighted by Gasteiger charge is 2.56. The topological polar surface area (TPSA) is 184 Å². The van der Waals surface area contributed by atoms with Crippen molar-refractivity contribution in [2.45, 2.75) is 180 Å². The highest BCUT2D eigenvalue weighted by molar-refractivity contribution is 6.39. The van der Waals surface area contributed by atoms with Crippen LogP contribution in [0, 0.1) is 29.6 Å². The van der Waals surface area contributed by atoms with Crippen molar-refractivity contribution in [2.24, 2.45) is 35.3 Å². The first-order valence-electron chi connectivity index (χ1n) is 22.1. The van der Waals surface area contributed by atoms with Crippen molar-refractivity contribution in [3.8, 4) is 0 Å². The van der Waals surface area contributed by atoms with Crippen LogP contribution >= 0.6 is 0 Å². The molecule has 13 heteroatoms. The van der Waals surface area contributed by atoms with Gasteiger partial charge in [-0.15, -0.1) is 0 Å². The number of hydrogen-bond donors (Lipinski definition) is 3. The maximum absolute atomic E-state index is 14.4. The second-order valence-corrected chi connectivity index (χ2v) is 18.0. The van der Waals surface area contributed by atoms with Crippen molar-refractivity contribution in [2.75, 3.05) is 20.8 Å². The van der Waals surface area contributed by atoms with Crippen molar-refractivity contribution in [3.63, 3.8) is 0 Å². The number of rotatable bonds is 8. The Bertz CT molecular complexity index is 1550. The molecule has 3 heterocycles. The van der Waals surface area contributed by atoms with Gasteiger partial charge in [0.05, 0.1) is 24.1 Å². The quantitative estimate of drug-likeness (QED) is 0.117. The molecule has 334 valence electrons. The second-order valence-electron chi connectivity index (χ2n) is 18.0. The molecule has 4 aliphatic rings. The number of fused-ring (bicyclic) bond motifs is 3. The Hall–Kier alpha value is -2.94. The zero-order valence-corrected chi connectivity index (χ0v) is 37.2. The Morgan fingerprint density at radius 3 is 2.32 bits per heavy atom. The lowest BCUT2D eigenvalue weighted by atomic mass is 9.81. The summed E-state index contributed by atoms with van der Waals surface area (Å²) in [6.45, 7) is 17.3. The molecule has 2 bridgehead atoms. The third-order valence-corrected chi connectivity index (χ3v) is 13.4. The van der Waals surface area contributed by atoms with E-state index < -0.39 is 77.8 Å². The van der Waals surface area contributed by atoms with Crippen LogP contribution < -0.4 is 5.73 Å². The van der Waals surface area contributed by atoms with Crippen molar-refractivity contribution < 1.29 is 53.1 Å². The Balaban J connectivity index is 1.76. The lowest BCUT2D eigenvalue weighted by Crippen LogP contribution is -2.64. The van der Waals surface area contributed by atoms with Gasteiger partial charge in [-0.3, -0.25) is 14.4 Å². The summed E-state index contributed by atoms with van der Waals surface area (Å²) in [5.41, 5.74) is 8.14. The number of piperidine rings is 1. The predicted octanol–water partition coefficient (Wildman–Crippen LogP) is 5.73. The van der Waals surface area contributed by atoms with Gasteiger partial charge in [0.1, 0.15) is 30.1 Å². The zero-order valence-electron chi connectivity index (χ0n) is 37.2. The number of nitrogens with two attached hydrogens (primary N) is 1. The van der Waals surface area contributed by atoms with Crippen LogP contribution in [0.2, 0.25) is 0 Å². The van der Waals surface area contributed by atoms with Gasteiger partial charge >= 0.3 is 5.97 Å². The van der Waals surface area contributed by atoms with Crippen molar-refractivity contribution >= 4 is 23.4 Å². The summed E-state index contributed by atoms with van der Waals surface area (Å²) in [6, 6.07) is -1.28. The van der Waals surface area contributed by atoms with E-state index in [1.54, 1.807) is 13.8 Å². The van der Waals surface area contributed by atoms with Crippen LogP contribution in [0.15, 0.2) is 35.6 Å². The van der Waals surface area contributed by atoms with Crippen LogP contribution in [-0.4, -0.2) is 114 Å². The van der Waals surface area contributed by atoms with Gasteiger partial charge in [0, 0.05) is 57.4 Å². The van der Waals surface area contributed by atoms with Gasteiger partial charge < -0.3 is 44.5 Å². The number of aliphatic hydroxyl groups excluding tert-OH is 1. The SMILES string of the molecule is C=C(CC)OC1CC(C=C(C)C2OC(=O)C3CCCCN3C(=O)C(=O)C3(O)OC(C(OC)CC(C)CC(C)=CC(CC)C(=O)CC(O)C2C)C(OC)CC3C)CCC1N. The van der Waals surface area contributed by atoms with E-state index in [-0.39, 0.29) is 55.6 Å². The fourth-order valence-electron chi connectivity index (χ4n) is 9.61. The van der Waals surface area contributed by atoms with Gasteiger partial charge in [0.15, 0.2) is 0 Å². The molecule has 3 aliphatic heterocycles. The van der Waals surface area contributed by atoms with Crippen LogP contribution in [0.25, 0.3) is 0 Å². The molecule has 14 unspecified atom stereocenters. The van der Waals surface area contributed by atoms with Gasteiger partial charge in [-0.2, -0.15) is 0 Å². The first-order valence-corrected chi connectivity index (χ1v) is 22.1. The summed E-state index contributed by atoms with van der Waals surface area (Å²) >= 11 is 0. The Labute approximate surface area is 352 Å². The largest absolute Gasteiger partial charge is 0.494 e. The number of cyclic esters (lactones) is 1. The Morgan fingerprint density at radius 1 is 1.00 bits per heavy atom. The first kappa shape index (κ1) is 48.7. The number of amides is 1. The minimum Gasteiger partial charge on any atom is -0.494 e. The molecule has 13 nitrogen and oxygen atoms in total. The maximum atomic E-state index is 14.4. The predicted molar refractivity (Wildman–Crippen MR) is 224 cm³/mol. The number of ether oxygens (including phenoxy) is 5. The molecule has 0 radical (unpaired) electrons. The molecule has 4 rings (SSSR count). The summed E-state index contributed by atoms with van der Waals surface area (Å²) < 4.78 is 30.4. The number of carbonyl (C=O) groups is 4. The van der Waals surface area contributed by atoms with Crippen LogP contribution in [0.4, 0.5) is 0 Å². The van der Waals surface area contributed by atoms with Gasteiger partial charge in [0.25, 0.3) is 11.7 Å². The standard InChI is InChI=1S/C46H74N2O11/c1-11-30(7)57-38-24-32(16-17-34(38)47)22-28(5)41-31(8)36(49)25-37(50)33(12-2)20-26(3)19-27(4)21-39(55-9)42-40(56-10)23-29(6)46(54,59-42)43(51)44(52)48-18-14-13-15-35(48)45(53)58-41/h20,22,27,29,31-36,38-42,49,54H,7,11-19,21,23-25,47H2,1-6,8-10H3. The number of nitrogens with zero attached hydrogens (tertiary/aromatic N) is 1. The number of hydrogen-bond acceptors (Lipinski definition) is 12. The Kier molecular flexibility index (Phi) is 17.9. The third-order valence-electron chi connectivity index (χ3n) is 13.4. The van der Waals surface area contributed by atoms with E-state index >= 15 is 0 Å². The molecule has 1 aliphatic carbocycles. The average Bonchev–Trinajstić information content (AvgIpc) is 3.21. The molecule has 1 saturated carbocycles. The smallest absolute Gasteiger partial charge is 0.329 e. The average molecular weight is 831 g/mol. The highest BCUT2D eigenvalue weighted by Crippen LogP contribution is 2.39. The summed E-state index contributed by atoms with van der Waals surface area (Å²) in [5, 5.41) is 23.8. The molecule has 0 aromatic carbocycles. The fraction of sp³-hybridized carbons (Fsp3) is 0.783. The van der Waals surface area contributed by atoms with Gasteiger partial charge in [-0.05, 0) is 95.5 Å². The number of allylic oxidation sites excluding steroid dienone is 4. The van der Waals surface area contributed by atoms with E-state index in [9.17, 15) is 29.4 Å². The monoisotopic (exact) mass is 831 g/mol. The Morgan fingerprint density at radius 2 is 1.68 bits per heavy atom. The number of Topliss-reactive ketones (excluding diaryl/α,β-unsaturated/α-hetero) is 2. The van der Waals surface area contributed by atoms with E-state index in [0.717, 1.165) is 18.4 Å². The van der Waals surface area contributed by atoms with Crippen LogP contribution in [-0.2, 0) is 42.9 Å². The maximum Gasteiger partial charge on any atom is 0.329 e. The molecule has 1 amide bonds. The lowest BCUT2D eigenvalue weighted by Gasteiger charge is -2.47. The van der Waals surface area contributed by atoms with E-state index in [0.29, 0.717) is 56.3 Å². The summed E-state index contributed by atoms with van der Waals surface area (Å²) in [6.07, 6.45) is 5.54. The fourth-order valence-corrected chi connectivity index (χ4v) is 9.61. The van der Waals surface area contributed by atoms with Crippen molar-refractivity contribution in [1.82, 2.24) is 4.90 Å². The molecular formula is C46H74N2O11.